The van der Waals surface area contributed by atoms with Gasteiger partial charge in [-0.1, -0.05) is 25.4 Å². The van der Waals surface area contributed by atoms with E-state index in [0.29, 0.717) is 18.3 Å². The predicted octanol–water partition coefficient (Wildman–Crippen LogP) is 1.26. The first-order chi connectivity index (χ1) is 8.74. The molecule has 18 heavy (non-hydrogen) atoms. The number of hydrogen-bond donors (Lipinski definition) is 1. The largest absolute Gasteiger partial charge is 0.367 e. The molecule has 102 valence electrons. The maximum atomic E-state index is 5.95. The van der Waals surface area contributed by atoms with Crippen molar-refractivity contribution in [2.75, 3.05) is 26.2 Å². The number of hydrogen-bond acceptors (Lipinski definition) is 6. The van der Waals surface area contributed by atoms with E-state index in [9.17, 15) is 0 Å². The van der Waals surface area contributed by atoms with Crippen molar-refractivity contribution in [3.8, 4) is 0 Å². The van der Waals surface area contributed by atoms with E-state index in [2.05, 4.69) is 28.9 Å². The van der Waals surface area contributed by atoms with Gasteiger partial charge in [0.15, 0.2) is 0 Å². The summed E-state index contributed by atoms with van der Waals surface area (Å²) < 4.78 is 10.9. The average Bonchev–Trinajstić information content (AvgIpc) is 2.89. The standard InChI is InChI=1S/C12H22N4O2/c1-3-5-9(13)12-14-11(15-18-12)10-8-16(4-2)6-7-17-10/h9-10H,3-8,13H2,1-2H3. The Morgan fingerprint density at radius 1 is 1.50 bits per heavy atom. The van der Waals surface area contributed by atoms with E-state index in [4.69, 9.17) is 15.0 Å². The molecule has 2 atom stereocenters. The Morgan fingerprint density at radius 3 is 3.06 bits per heavy atom. The Balaban J connectivity index is 2.00. The number of aromatic nitrogens is 2. The van der Waals surface area contributed by atoms with Crippen molar-refractivity contribution in [1.82, 2.24) is 15.0 Å². The number of rotatable bonds is 5. The van der Waals surface area contributed by atoms with E-state index in [1.165, 1.54) is 0 Å². The second-order valence-electron chi connectivity index (χ2n) is 4.64. The number of nitrogens with zero attached hydrogens (tertiary/aromatic N) is 3. The second-order valence-corrected chi connectivity index (χ2v) is 4.64. The van der Waals surface area contributed by atoms with Gasteiger partial charge in [-0.2, -0.15) is 4.98 Å². The minimum absolute atomic E-state index is 0.0926. The van der Waals surface area contributed by atoms with Gasteiger partial charge in [0, 0.05) is 13.1 Å². The van der Waals surface area contributed by atoms with Gasteiger partial charge in [0.2, 0.25) is 11.7 Å². The molecule has 0 aromatic carbocycles. The van der Waals surface area contributed by atoms with Crippen molar-refractivity contribution >= 4 is 0 Å². The summed E-state index contributed by atoms with van der Waals surface area (Å²) >= 11 is 0. The zero-order chi connectivity index (χ0) is 13.0. The Bertz CT molecular complexity index is 369. The van der Waals surface area contributed by atoms with Crippen molar-refractivity contribution in [2.45, 2.75) is 38.8 Å². The summed E-state index contributed by atoms with van der Waals surface area (Å²) in [6, 6.07) is -0.165. The lowest BCUT2D eigenvalue weighted by atomic mass is 10.2. The fourth-order valence-electron chi connectivity index (χ4n) is 2.11. The van der Waals surface area contributed by atoms with Gasteiger partial charge in [0.05, 0.1) is 12.6 Å². The van der Waals surface area contributed by atoms with Crippen molar-refractivity contribution in [3.05, 3.63) is 11.7 Å². The predicted molar refractivity (Wildman–Crippen MR) is 66.9 cm³/mol. The number of likely N-dealkylation sites (N-methyl/N-ethyl adjacent to an activating group) is 1. The van der Waals surface area contributed by atoms with Gasteiger partial charge in [-0.15, -0.1) is 0 Å². The molecule has 6 nitrogen and oxygen atoms in total. The third-order valence-electron chi connectivity index (χ3n) is 3.26. The molecule has 1 aliphatic rings. The minimum atomic E-state index is -0.165. The molecule has 0 saturated carbocycles. The zero-order valence-corrected chi connectivity index (χ0v) is 11.1. The Hall–Kier alpha value is -0.980. The van der Waals surface area contributed by atoms with Crippen molar-refractivity contribution in [3.63, 3.8) is 0 Å². The van der Waals surface area contributed by atoms with E-state index in [0.717, 1.165) is 32.5 Å². The lowest BCUT2D eigenvalue weighted by Crippen LogP contribution is -2.38. The summed E-state index contributed by atoms with van der Waals surface area (Å²) in [7, 11) is 0. The van der Waals surface area contributed by atoms with Crippen LogP contribution in [0.25, 0.3) is 0 Å². The molecule has 1 saturated heterocycles. The summed E-state index contributed by atoms with van der Waals surface area (Å²) in [5.41, 5.74) is 5.95. The molecule has 0 bridgehead atoms. The van der Waals surface area contributed by atoms with E-state index >= 15 is 0 Å². The van der Waals surface area contributed by atoms with E-state index in [1.54, 1.807) is 0 Å². The third kappa shape index (κ3) is 3.07. The fraction of sp³-hybridized carbons (Fsp3) is 0.833. The van der Waals surface area contributed by atoms with Crippen LogP contribution in [0, 0.1) is 0 Å². The average molecular weight is 254 g/mol. The second kappa shape index (κ2) is 6.26. The Morgan fingerprint density at radius 2 is 2.33 bits per heavy atom. The monoisotopic (exact) mass is 254 g/mol. The van der Waals surface area contributed by atoms with Crippen LogP contribution < -0.4 is 5.73 Å². The SMILES string of the molecule is CCCC(N)c1nc(C2CN(CC)CCO2)no1. The first-order valence-corrected chi connectivity index (χ1v) is 6.67. The van der Waals surface area contributed by atoms with Crippen LogP contribution in [0.15, 0.2) is 4.52 Å². The number of morpholine rings is 1. The summed E-state index contributed by atoms with van der Waals surface area (Å²) in [4.78, 5) is 6.68. The molecule has 1 fully saturated rings. The van der Waals surface area contributed by atoms with Gasteiger partial charge in [0.25, 0.3) is 0 Å². The topological polar surface area (TPSA) is 77.4 Å². The van der Waals surface area contributed by atoms with Crippen molar-refractivity contribution in [2.24, 2.45) is 5.73 Å². The highest BCUT2D eigenvalue weighted by Gasteiger charge is 2.26. The first kappa shape index (κ1) is 13.5. The molecule has 1 aromatic rings. The van der Waals surface area contributed by atoms with Gasteiger partial charge in [-0.3, -0.25) is 4.90 Å². The van der Waals surface area contributed by atoms with Crippen LogP contribution in [-0.2, 0) is 4.74 Å². The molecule has 0 spiro atoms. The smallest absolute Gasteiger partial charge is 0.243 e. The molecule has 0 amide bonds. The summed E-state index contributed by atoms with van der Waals surface area (Å²) in [5, 5.41) is 3.99. The highest BCUT2D eigenvalue weighted by Crippen LogP contribution is 2.21. The Labute approximate surface area is 107 Å². The molecular formula is C12H22N4O2. The molecule has 6 heteroatoms. The molecule has 2 unspecified atom stereocenters. The fourth-order valence-corrected chi connectivity index (χ4v) is 2.11. The highest BCUT2D eigenvalue weighted by atomic mass is 16.5. The molecule has 1 aromatic heterocycles. The molecular weight excluding hydrogens is 232 g/mol. The van der Waals surface area contributed by atoms with Crippen LogP contribution >= 0.6 is 0 Å². The zero-order valence-electron chi connectivity index (χ0n) is 11.1. The van der Waals surface area contributed by atoms with Crippen molar-refractivity contribution in [1.29, 1.82) is 0 Å². The molecule has 0 aliphatic carbocycles. The molecule has 1 aliphatic heterocycles. The van der Waals surface area contributed by atoms with E-state index in [-0.39, 0.29) is 12.1 Å². The van der Waals surface area contributed by atoms with Crippen LogP contribution in [0.3, 0.4) is 0 Å². The minimum Gasteiger partial charge on any atom is -0.367 e. The lowest BCUT2D eigenvalue weighted by molar-refractivity contribution is -0.0334. The number of ether oxygens (including phenoxy) is 1. The van der Waals surface area contributed by atoms with Gasteiger partial charge in [-0.25, -0.2) is 0 Å². The van der Waals surface area contributed by atoms with Crippen molar-refractivity contribution < 1.29 is 9.26 Å². The van der Waals surface area contributed by atoms with Gasteiger partial charge in [-0.05, 0) is 13.0 Å². The molecule has 2 N–H and O–H groups in total. The molecule has 2 heterocycles. The summed E-state index contributed by atoms with van der Waals surface area (Å²) in [5.74, 6) is 1.14. The maximum Gasteiger partial charge on any atom is 0.243 e. The van der Waals surface area contributed by atoms with Gasteiger partial charge in [0.1, 0.15) is 6.10 Å². The normalized spacial score (nSPS) is 23.2. The highest BCUT2D eigenvalue weighted by molar-refractivity contribution is 4.97. The van der Waals surface area contributed by atoms with E-state index in [1.807, 2.05) is 0 Å². The van der Waals surface area contributed by atoms with Crippen LogP contribution in [0.4, 0.5) is 0 Å². The molecule has 0 radical (unpaired) electrons. The quantitative estimate of drug-likeness (QED) is 0.852. The van der Waals surface area contributed by atoms with E-state index < -0.39 is 0 Å². The van der Waals surface area contributed by atoms with Crippen LogP contribution in [0.1, 0.15) is 50.6 Å². The third-order valence-corrected chi connectivity index (χ3v) is 3.26. The van der Waals surface area contributed by atoms with Gasteiger partial charge >= 0.3 is 0 Å². The van der Waals surface area contributed by atoms with Gasteiger partial charge < -0.3 is 15.0 Å². The van der Waals surface area contributed by atoms with Crippen LogP contribution in [0.2, 0.25) is 0 Å². The summed E-state index contributed by atoms with van der Waals surface area (Å²) in [6.45, 7) is 7.73. The lowest BCUT2D eigenvalue weighted by Gasteiger charge is -2.30. The Kier molecular flexibility index (Phi) is 4.68. The van der Waals surface area contributed by atoms with Crippen LogP contribution in [0.5, 0.6) is 0 Å². The first-order valence-electron chi connectivity index (χ1n) is 6.67. The number of nitrogens with two attached hydrogens (primary N) is 1. The maximum absolute atomic E-state index is 5.95. The van der Waals surface area contributed by atoms with Crippen LogP contribution in [-0.4, -0.2) is 41.3 Å². The molecule has 2 rings (SSSR count). The summed E-state index contributed by atoms with van der Waals surface area (Å²) in [6.07, 6.45) is 1.77.